The number of hydrogen-bond acceptors (Lipinski definition) is 4. The van der Waals surface area contributed by atoms with Gasteiger partial charge in [0.25, 0.3) is 5.91 Å². The lowest BCUT2D eigenvalue weighted by molar-refractivity contribution is -0.183. The predicted molar refractivity (Wildman–Crippen MR) is 88.4 cm³/mol. The van der Waals surface area contributed by atoms with Crippen LogP contribution < -0.4 is 4.74 Å². The van der Waals surface area contributed by atoms with E-state index in [0.717, 1.165) is 12.8 Å². The standard InChI is InChI=1S/C17H20ClF3N2O3/c18-14-9-11(10-22-15(14)26-13-3-7-25-8-4-13)16(24)23-5-1-12(2-6-23)17(19,20)21/h9-10,12-13H,1-8H2. The normalized spacial score (nSPS) is 20.2. The van der Waals surface area contributed by atoms with Crippen LogP contribution in [0.5, 0.6) is 5.88 Å². The van der Waals surface area contributed by atoms with E-state index in [9.17, 15) is 18.0 Å². The van der Waals surface area contributed by atoms with Crippen molar-refractivity contribution in [2.24, 2.45) is 5.92 Å². The third-order valence-electron chi connectivity index (χ3n) is 4.75. The van der Waals surface area contributed by atoms with Crippen LogP contribution in [0.1, 0.15) is 36.0 Å². The van der Waals surface area contributed by atoms with Crippen molar-refractivity contribution in [1.82, 2.24) is 9.88 Å². The number of ether oxygens (including phenoxy) is 2. The van der Waals surface area contributed by atoms with Crippen LogP contribution in [0.4, 0.5) is 13.2 Å². The van der Waals surface area contributed by atoms with Crippen molar-refractivity contribution >= 4 is 17.5 Å². The maximum atomic E-state index is 12.7. The summed E-state index contributed by atoms with van der Waals surface area (Å²) in [4.78, 5) is 18.0. The van der Waals surface area contributed by atoms with E-state index in [1.165, 1.54) is 17.2 Å². The fourth-order valence-corrected chi connectivity index (χ4v) is 3.38. The summed E-state index contributed by atoms with van der Waals surface area (Å²) in [5, 5.41) is 0.215. The molecule has 1 aromatic rings. The summed E-state index contributed by atoms with van der Waals surface area (Å²) >= 11 is 6.18. The number of halogens is 4. The Kier molecular flexibility index (Phi) is 5.92. The molecule has 0 aromatic carbocycles. The van der Waals surface area contributed by atoms with E-state index in [4.69, 9.17) is 21.1 Å². The Morgan fingerprint density at radius 2 is 1.88 bits per heavy atom. The van der Waals surface area contributed by atoms with Crippen LogP contribution in [0.15, 0.2) is 12.3 Å². The molecule has 5 nitrogen and oxygen atoms in total. The molecule has 0 spiro atoms. The Morgan fingerprint density at radius 3 is 2.46 bits per heavy atom. The first-order valence-electron chi connectivity index (χ1n) is 8.60. The van der Waals surface area contributed by atoms with Gasteiger partial charge >= 0.3 is 6.18 Å². The molecule has 9 heteroatoms. The summed E-state index contributed by atoms with van der Waals surface area (Å²) in [6, 6.07) is 1.46. The smallest absolute Gasteiger partial charge is 0.391 e. The Bertz CT molecular complexity index is 643. The molecular formula is C17H20ClF3N2O3. The molecule has 26 heavy (non-hydrogen) atoms. The monoisotopic (exact) mass is 392 g/mol. The summed E-state index contributed by atoms with van der Waals surface area (Å²) in [7, 11) is 0. The molecule has 2 aliphatic rings. The molecule has 0 saturated carbocycles. The van der Waals surface area contributed by atoms with Crippen LogP contribution in [0.2, 0.25) is 5.02 Å². The van der Waals surface area contributed by atoms with Crippen LogP contribution in [0.3, 0.4) is 0 Å². The fourth-order valence-electron chi connectivity index (χ4n) is 3.17. The van der Waals surface area contributed by atoms with Gasteiger partial charge in [0.2, 0.25) is 5.88 Å². The zero-order valence-electron chi connectivity index (χ0n) is 14.1. The number of amides is 1. The number of carbonyl (C=O) groups is 1. The molecule has 0 bridgehead atoms. The van der Waals surface area contributed by atoms with Crippen LogP contribution in [-0.4, -0.2) is 54.4 Å². The highest BCUT2D eigenvalue weighted by atomic mass is 35.5. The largest absolute Gasteiger partial charge is 0.473 e. The minimum Gasteiger partial charge on any atom is -0.473 e. The van der Waals surface area contributed by atoms with Gasteiger partial charge in [-0.1, -0.05) is 11.6 Å². The van der Waals surface area contributed by atoms with E-state index in [2.05, 4.69) is 4.98 Å². The van der Waals surface area contributed by atoms with Gasteiger partial charge in [-0.3, -0.25) is 4.79 Å². The van der Waals surface area contributed by atoms with Gasteiger partial charge in [0.05, 0.1) is 24.7 Å². The van der Waals surface area contributed by atoms with E-state index in [-0.39, 0.29) is 54.4 Å². The van der Waals surface area contributed by atoms with Crippen LogP contribution in [0.25, 0.3) is 0 Å². The topological polar surface area (TPSA) is 51.7 Å². The number of hydrogen-bond donors (Lipinski definition) is 0. The highest BCUT2D eigenvalue weighted by Gasteiger charge is 2.41. The van der Waals surface area contributed by atoms with Crippen LogP contribution in [-0.2, 0) is 4.74 Å². The molecule has 2 saturated heterocycles. The first-order valence-corrected chi connectivity index (χ1v) is 8.98. The van der Waals surface area contributed by atoms with Crippen molar-refractivity contribution in [3.05, 3.63) is 22.8 Å². The van der Waals surface area contributed by atoms with Gasteiger partial charge in [-0.2, -0.15) is 13.2 Å². The van der Waals surface area contributed by atoms with Crippen molar-refractivity contribution in [3.63, 3.8) is 0 Å². The fraction of sp³-hybridized carbons (Fsp3) is 0.647. The number of rotatable bonds is 3. The molecule has 144 valence electrons. The second kappa shape index (κ2) is 8.00. The van der Waals surface area contributed by atoms with E-state index in [0.29, 0.717) is 13.2 Å². The molecule has 1 amide bonds. The molecule has 0 atom stereocenters. The minimum atomic E-state index is -4.21. The first-order chi connectivity index (χ1) is 12.3. The molecule has 0 aliphatic carbocycles. The van der Waals surface area contributed by atoms with E-state index in [1.54, 1.807) is 0 Å². The van der Waals surface area contributed by atoms with Crippen LogP contribution in [0, 0.1) is 5.92 Å². The van der Waals surface area contributed by atoms with E-state index in [1.807, 2.05) is 0 Å². The van der Waals surface area contributed by atoms with Crippen molar-refractivity contribution < 1.29 is 27.4 Å². The molecule has 3 rings (SSSR count). The maximum absolute atomic E-state index is 12.7. The Hall–Kier alpha value is -1.54. The summed E-state index contributed by atoms with van der Waals surface area (Å²) in [6.45, 7) is 1.38. The highest BCUT2D eigenvalue weighted by molar-refractivity contribution is 6.32. The SMILES string of the molecule is O=C(c1cnc(OC2CCOCC2)c(Cl)c1)N1CCC(C(F)(F)F)CC1. The number of alkyl halides is 3. The third kappa shape index (κ3) is 4.59. The van der Waals surface area contributed by atoms with Crippen molar-refractivity contribution in [2.45, 2.75) is 38.0 Å². The summed E-state index contributed by atoms with van der Waals surface area (Å²) in [5.41, 5.74) is 0.250. The first kappa shape index (κ1) is 19.2. The quantitative estimate of drug-likeness (QED) is 0.787. The maximum Gasteiger partial charge on any atom is 0.391 e. The number of likely N-dealkylation sites (tertiary alicyclic amines) is 1. The van der Waals surface area contributed by atoms with Gasteiger partial charge in [0.1, 0.15) is 11.1 Å². The molecular weight excluding hydrogens is 373 g/mol. The van der Waals surface area contributed by atoms with Gasteiger partial charge in [0, 0.05) is 32.1 Å². The zero-order valence-corrected chi connectivity index (χ0v) is 14.9. The van der Waals surface area contributed by atoms with Crippen molar-refractivity contribution in [1.29, 1.82) is 0 Å². The van der Waals surface area contributed by atoms with Crippen molar-refractivity contribution in [3.8, 4) is 5.88 Å². The Labute approximate surface area is 154 Å². The molecule has 0 N–H and O–H groups in total. The minimum absolute atomic E-state index is 0.0308. The van der Waals surface area contributed by atoms with Gasteiger partial charge in [-0.15, -0.1) is 0 Å². The Balaban J connectivity index is 1.61. The number of aromatic nitrogens is 1. The molecule has 2 aliphatic heterocycles. The molecule has 2 fully saturated rings. The van der Waals surface area contributed by atoms with Gasteiger partial charge < -0.3 is 14.4 Å². The lowest BCUT2D eigenvalue weighted by atomic mass is 9.96. The average Bonchev–Trinajstić information content (AvgIpc) is 2.63. The second-order valence-corrected chi connectivity index (χ2v) is 6.96. The summed E-state index contributed by atoms with van der Waals surface area (Å²) in [6.07, 6.45) is -1.55. The van der Waals surface area contributed by atoms with E-state index < -0.39 is 12.1 Å². The van der Waals surface area contributed by atoms with Crippen LogP contribution >= 0.6 is 11.6 Å². The number of nitrogens with zero attached hydrogens (tertiary/aromatic N) is 2. The number of piperidine rings is 1. The Morgan fingerprint density at radius 1 is 1.23 bits per heavy atom. The lowest BCUT2D eigenvalue weighted by Gasteiger charge is -2.33. The zero-order chi connectivity index (χ0) is 18.7. The van der Waals surface area contributed by atoms with E-state index >= 15 is 0 Å². The van der Waals surface area contributed by atoms with Gasteiger partial charge in [0.15, 0.2) is 0 Å². The average molecular weight is 393 g/mol. The predicted octanol–water partition coefficient (Wildman–Crippen LogP) is 3.71. The van der Waals surface area contributed by atoms with Gasteiger partial charge in [-0.05, 0) is 18.9 Å². The molecule has 0 radical (unpaired) electrons. The van der Waals surface area contributed by atoms with Gasteiger partial charge in [-0.25, -0.2) is 4.98 Å². The number of pyridine rings is 1. The number of carbonyl (C=O) groups excluding carboxylic acids is 1. The molecule has 3 heterocycles. The third-order valence-corrected chi connectivity index (χ3v) is 5.02. The summed E-state index contributed by atoms with van der Waals surface area (Å²) in [5.74, 6) is -1.45. The second-order valence-electron chi connectivity index (χ2n) is 6.55. The summed E-state index contributed by atoms with van der Waals surface area (Å²) < 4.78 is 49.2. The molecule has 1 aromatic heterocycles. The lowest BCUT2D eigenvalue weighted by Crippen LogP contribution is -2.42. The molecule has 0 unspecified atom stereocenters. The highest BCUT2D eigenvalue weighted by Crippen LogP contribution is 2.34. The van der Waals surface area contributed by atoms with Crippen molar-refractivity contribution in [2.75, 3.05) is 26.3 Å².